The molecule has 7 nitrogen and oxygen atoms in total. The van der Waals surface area contributed by atoms with Gasteiger partial charge in [-0.15, -0.1) is 9.92 Å². The van der Waals surface area contributed by atoms with Gasteiger partial charge in [-0.05, 0) is 23.8 Å². The molecule has 1 aliphatic heterocycles. The topological polar surface area (TPSA) is 87.1 Å². The summed E-state index contributed by atoms with van der Waals surface area (Å²) in [6.07, 6.45) is 0.117. The Morgan fingerprint density at radius 1 is 1.04 bits per heavy atom. The van der Waals surface area contributed by atoms with Gasteiger partial charge in [0.05, 0.1) is 16.7 Å². The largest absolute Gasteiger partial charge is 0.359 e. The van der Waals surface area contributed by atoms with Crippen LogP contribution in [0.1, 0.15) is 22.8 Å². The molecule has 0 N–H and O–H groups in total. The molecule has 0 unspecified atom stereocenters. The number of rotatable bonds is 1. The second-order valence-corrected chi connectivity index (χ2v) is 5.28. The molecule has 2 aromatic carbocycles. The highest BCUT2D eigenvalue weighted by Gasteiger charge is 2.33. The van der Waals surface area contributed by atoms with E-state index in [1.165, 1.54) is 4.90 Å². The number of anilines is 2. The normalized spacial score (nSPS) is 12.7. The van der Waals surface area contributed by atoms with E-state index in [1.54, 1.807) is 48.5 Å². The minimum atomic E-state index is -0.924. The lowest BCUT2D eigenvalue weighted by Gasteiger charge is -2.26. The number of fused-ring (bicyclic) bond motifs is 2. The molecule has 1 aliphatic rings. The summed E-state index contributed by atoms with van der Waals surface area (Å²) < 4.78 is 0. The fourth-order valence-electron chi connectivity index (χ4n) is 2.71. The first kappa shape index (κ1) is 15.5. The minimum Gasteiger partial charge on any atom is -0.294 e. The van der Waals surface area contributed by atoms with Gasteiger partial charge in [0.15, 0.2) is 5.78 Å². The molecule has 3 rings (SSSR count). The van der Waals surface area contributed by atoms with Crippen molar-refractivity contribution in [2.45, 2.75) is 13.3 Å². The number of para-hydroxylation sites is 2. The van der Waals surface area contributed by atoms with Crippen molar-refractivity contribution >= 4 is 29.1 Å². The number of nitrogens with zero attached hydrogens (tertiary/aromatic N) is 3. The summed E-state index contributed by atoms with van der Waals surface area (Å²) >= 11 is 0. The number of carbonyl (C=O) groups excluding carboxylic acids is 3. The highest BCUT2D eigenvalue weighted by atomic mass is 16.3. The molecule has 0 aliphatic carbocycles. The average molecular weight is 323 g/mol. The van der Waals surface area contributed by atoms with E-state index in [9.17, 15) is 19.3 Å². The van der Waals surface area contributed by atoms with E-state index in [4.69, 9.17) is 0 Å². The number of carbonyl (C=O) groups is 3. The van der Waals surface area contributed by atoms with Crippen molar-refractivity contribution in [3.63, 3.8) is 0 Å². The van der Waals surface area contributed by atoms with Crippen molar-refractivity contribution in [2.24, 2.45) is 5.29 Å². The second-order valence-electron chi connectivity index (χ2n) is 5.28. The predicted octanol–water partition coefficient (Wildman–Crippen LogP) is 3.21. The molecule has 0 saturated carbocycles. The molecular weight excluding hydrogens is 310 g/mol. The molecule has 0 bridgehead atoms. The van der Waals surface area contributed by atoms with Crippen LogP contribution in [0, 0.1) is 4.91 Å². The summed E-state index contributed by atoms with van der Waals surface area (Å²) in [4.78, 5) is 49.0. The van der Waals surface area contributed by atoms with Gasteiger partial charge in [0.2, 0.25) is 0 Å². The zero-order valence-corrected chi connectivity index (χ0v) is 12.8. The van der Waals surface area contributed by atoms with Gasteiger partial charge < -0.3 is 0 Å². The van der Waals surface area contributed by atoms with Crippen molar-refractivity contribution in [3.05, 3.63) is 64.6 Å². The highest BCUT2D eigenvalue weighted by molar-refractivity contribution is 6.14. The third-order valence-corrected chi connectivity index (χ3v) is 3.78. The molecule has 0 spiro atoms. The number of ketones is 1. The minimum absolute atomic E-state index is 0.117. The van der Waals surface area contributed by atoms with E-state index in [-0.39, 0.29) is 17.2 Å². The number of amides is 3. The summed E-state index contributed by atoms with van der Waals surface area (Å²) in [6.45, 7) is 1.07. The molecule has 0 aromatic heterocycles. The van der Waals surface area contributed by atoms with E-state index in [2.05, 4.69) is 5.29 Å². The second kappa shape index (κ2) is 6.04. The van der Waals surface area contributed by atoms with Crippen molar-refractivity contribution in [1.82, 2.24) is 5.01 Å². The molecule has 1 heterocycles. The maximum atomic E-state index is 12.8. The van der Waals surface area contributed by atoms with Gasteiger partial charge in [-0.2, -0.15) is 0 Å². The Morgan fingerprint density at radius 2 is 1.67 bits per heavy atom. The van der Waals surface area contributed by atoms with Crippen LogP contribution in [0.15, 0.2) is 53.8 Å². The first-order chi connectivity index (χ1) is 11.5. The SMILES string of the molecule is CC(=O)N(N=O)C(=O)N1c2ccccc2CC(=O)c2ccccc21. The van der Waals surface area contributed by atoms with Crippen LogP contribution in [-0.2, 0) is 11.2 Å². The van der Waals surface area contributed by atoms with Gasteiger partial charge >= 0.3 is 6.03 Å². The van der Waals surface area contributed by atoms with Gasteiger partial charge in [-0.1, -0.05) is 30.3 Å². The monoisotopic (exact) mass is 323 g/mol. The summed E-state index contributed by atoms with van der Waals surface area (Å²) in [7, 11) is 0. The van der Waals surface area contributed by atoms with Crippen molar-refractivity contribution in [3.8, 4) is 0 Å². The molecular formula is C17H13N3O4. The molecule has 0 radical (unpaired) electrons. The van der Waals surface area contributed by atoms with Gasteiger partial charge in [-0.3, -0.25) is 14.5 Å². The van der Waals surface area contributed by atoms with E-state index in [0.29, 0.717) is 22.5 Å². The highest BCUT2D eigenvalue weighted by Crippen LogP contribution is 2.36. The Morgan fingerprint density at radius 3 is 2.33 bits per heavy atom. The number of imide groups is 1. The number of urea groups is 1. The van der Waals surface area contributed by atoms with E-state index < -0.39 is 11.9 Å². The van der Waals surface area contributed by atoms with E-state index in [1.807, 2.05) is 0 Å². The molecule has 120 valence electrons. The zero-order valence-electron chi connectivity index (χ0n) is 12.8. The van der Waals surface area contributed by atoms with Gasteiger partial charge in [-0.25, -0.2) is 4.79 Å². The Bertz CT molecular complexity index is 862. The van der Waals surface area contributed by atoms with Gasteiger partial charge in [0.1, 0.15) is 0 Å². The van der Waals surface area contributed by atoms with Crippen LogP contribution in [0.25, 0.3) is 0 Å². The molecule has 0 saturated heterocycles. The fraction of sp³-hybridized carbons (Fsp3) is 0.118. The molecule has 0 fully saturated rings. The van der Waals surface area contributed by atoms with E-state index >= 15 is 0 Å². The smallest absolute Gasteiger partial charge is 0.294 e. The fourth-order valence-corrected chi connectivity index (χ4v) is 2.71. The summed E-state index contributed by atoms with van der Waals surface area (Å²) in [5.41, 5.74) is 1.72. The molecule has 24 heavy (non-hydrogen) atoms. The number of hydrogen-bond donors (Lipinski definition) is 0. The lowest BCUT2D eigenvalue weighted by Crippen LogP contribution is -2.40. The Labute approximate surface area is 137 Å². The molecule has 2 aromatic rings. The van der Waals surface area contributed by atoms with Crippen molar-refractivity contribution in [2.75, 3.05) is 4.90 Å². The maximum Gasteiger partial charge on any atom is 0.359 e. The quantitative estimate of drug-likeness (QED) is 0.595. The number of benzene rings is 2. The van der Waals surface area contributed by atoms with Crippen LogP contribution in [-0.4, -0.2) is 22.7 Å². The van der Waals surface area contributed by atoms with Crippen LogP contribution >= 0.6 is 0 Å². The first-order valence-electron chi connectivity index (χ1n) is 7.22. The third kappa shape index (κ3) is 2.45. The Kier molecular flexibility index (Phi) is 3.91. The summed E-state index contributed by atoms with van der Waals surface area (Å²) in [5, 5.41) is 2.76. The predicted molar refractivity (Wildman–Crippen MR) is 86.8 cm³/mol. The van der Waals surface area contributed by atoms with Crippen molar-refractivity contribution < 1.29 is 14.4 Å². The number of hydrogen-bond acceptors (Lipinski definition) is 5. The van der Waals surface area contributed by atoms with Gasteiger partial charge in [0.25, 0.3) is 5.91 Å². The first-order valence-corrected chi connectivity index (χ1v) is 7.22. The van der Waals surface area contributed by atoms with Crippen LogP contribution in [0.3, 0.4) is 0 Å². The molecule has 0 atom stereocenters. The average Bonchev–Trinajstić information content (AvgIpc) is 2.69. The molecule has 3 amide bonds. The van der Waals surface area contributed by atoms with Crippen LogP contribution < -0.4 is 4.90 Å². The van der Waals surface area contributed by atoms with Crippen LogP contribution in [0.2, 0.25) is 0 Å². The van der Waals surface area contributed by atoms with E-state index in [0.717, 1.165) is 6.92 Å². The maximum absolute atomic E-state index is 12.8. The van der Waals surface area contributed by atoms with Crippen LogP contribution in [0.5, 0.6) is 0 Å². The molecule has 7 heteroatoms. The lowest BCUT2D eigenvalue weighted by atomic mass is 10.0. The van der Waals surface area contributed by atoms with Crippen molar-refractivity contribution in [1.29, 1.82) is 0 Å². The third-order valence-electron chi connectivity index (χ3n) is 3.78. The lowest BCUT2D eigenvalue weighted by molar-refractivity contribution is -0.125. The summed E-state index contributed by atoms with van der Waals surface area (Å²) in [6, 6.07) is 12.5. The Balaban J connectivity index is 2.25. The van der Waals surface area contributed by atoms with Gasteiger partial charge in [0, 0.05) is 18.9 Å². The zero-order chi connectivity index (χ0) is 17.3. The number of nitroso groups, excluding NO2 is 1. The number of Topliss-reactive ketones (excluding diaryl/α,β-unsaturated/α-hetero) is 1. The van der Waals surface area contributed by atoms with Crippen LogP contribution in [0.4, 0.5) is 16.2 Å². The standard InChI is InChI=1S/C17H13N3O4/c1-11(21)20(18-24)17(23)19-14-8-4-2-6-12(14)10-16(22)13-7-3-5-9-15(13)19/h2-9H,10H2,1H3. The Hall–Kier alpha value is -3.35. The summed E-state index contributed by atoms with van der Waals surface area (Å²) in [5.74, 6) is -0.956.